The number of rotatable bonds is 4. The van der Waals surface area contributed by atoms with E-state index >= 15 is 0 Å². The van der Waals surface area contributed by atoms with Crippen LogP contribution in [-0.4, -0.2) is 18.8 Å². The van der Waals surface area contributed by atoms with Crippen molar-refractivity contribution < 1.29 is 22.7 Å². The summed E-state index contributed by atoms with van der Waals surface area (Å²) in [7, 11) is 0. The van der Waals surface area contributed by atoms with Crippen molar-refractivity contribution in [2.45, 2.75) is 24.9 Å². The van der Waals surface area contributed by atoms with Gasteiger partial charge in [-0.25, -0.2) is 4.79 Å². The molecule has 0 aromatic heterocycles. The van der Waals surface area contributed by atoms with Gasteiger partial charge in [0.1, 0.15) is 0 Å². The summed E-state index contributed by atoms with van der Waals surface area (Å²) in [5.74, 6) is -2.78. The normalized spacial score (nSPS) is 19.9. The van der Waals surface area contributed by atoms with Crippen LogP contribution in [0.4, 0.5) is 13.2 Å². The Balaban J connectivity index is 2.22. The number of ether oxygens (including phenoxy) is 1. The van der Waals surface area contributed by atoms with Gasteiger partial charge in [0.15, 0.2) is 0 Å². The highest BCUT2D eigenvalue weighted by Gasteiger charge is 2.46. The van der Waals surface area contributed by atoms with E-state index in [4.69, 9.17) is 4.74 Å². The first kappa shape index (κ1) is 19.0. The molecule has 0 aliphatic heterocycles. The predicted molar refractivity (Wildman–Crippen MR) is 97.2 cm³/mol. The van der Waals surface area contributed by atoms with Gasteiger partial charge in [0, 0.05) is 11.8 Å². The number of alkyl halides is 3. The molecule has 2 atom stereocenters. The fraction of sp³-hybridized carbons (Fsp3) is 0.227. The molecule has 0 spiro atoms. The van der Waals surface area contributed by atoms with Crippen LogP contribution in [0.3, 0.4) is 0 Å². The first-order chi connectivity index (χ1) is 12.9. The molecular weight excluding hydrogens is 353 g/mol. The first-order valence-corrected chi connectivity index (χ1v) is 8.70. The third-order valence-corrected chi connectivity index (χ3v) is 4.53. The van der Waals surface area contributed by atoms with Crippen LogP contribution in [0.25, 0.3) is 0 Å². The Hall–Kier alpha value is -2.82. The number of benzene rings is 2. The van der Waals surface area contributed by atoms with Gasteiger partial charge in [-0.1, -0.05) is 72.8 Å². The average molecular weight is 372 g/mol. The van der Waals surface area contributed by atoms with Crippen molar-refractivity contribution in [2.24, 2.45) is 0 Å². The Bertz CT molecular complexity index is 852. The van der Waals surface area contributed by atoms with E-state index in [1.165, 1.54) is 6.08 Å². The van der Waals surface area contributed by atoms with Crippen LogP contribution in [-0.2, 0) is 9.53 Å². The van der Waals surface area contributed by atoms with Crippen molar-refractivity contribution in [3.63, 3.8) is 0 Å². The van der Waals surface area contributed by atoms with E-state index in [-0.39, 0.29) is 12.2 Å². The van der Waals surface area contributed by atoms with Gasteiger partial charge >= 0.3 is 12.1 Å². The molecule has 3 rings (SSSR count). The van der Waals surface area contributed by atoms with Gasteiger partial charge in [-0.3, -0.25) is 0 Å². The summed E-state index contributed by atoms with van der Waals surface area (Å²) < 4.78 is 47.4. The van der Waals surface area contributed by atoms with Crippen molar-refractivity contribution in [1.82, 2.24) is 0 Å². The Morgan fingerprint density at radius 3 is 1.85 bits per heavy atom. The van der Waals surface area contributed by atoms with E-state index in [1.807, 2.05) is 0 Å². The highest BCUT2D eigenvalue weighted by atomic mass is 19.4. The summed E-state index contributed by atoms with van der Waals surface area (Å²) in [5.41, 5.74) is -0.102. The molecule has 0 fully saturated rings. The molecule has 1 aliphatic carbocycles. The summed E-state index contributed by atoms with van der Waals surface area (Å²) in [4.78, 5) is 12.6. The fourth-order valence-corrected chi connectivity index (χ4v) is 3.40. The zero-order chi connectivity index (χ0) is 19.4. The third-order valence-electron chi connectivity index (χ3n) is 4.53. The minimum atomic E-state index is -4.67. The van der Waals surface area contributed by atoms with E-state index < -0.39 is 29.6 Å². The fourth-order valence-electron chi connectivity index (χ4n) is 3.40. The molecule has 0 heterocycles. The zero-order valence-corrected chi connectivity index (χ0v) is 14.7. The van der Waals surface area contributed by atoms with E-state index in [0.717, 1.165) is 0 Å². The second kappa shape index (κ2) is 7.82. The average Bonchev–Trinajstić information content (AvgIpc) is 2.67. The Kier molecular flexibility index (Phi) is 5.49. The van der Waals surface area contributed by atoms with Crippen molar-refractivity contribution in [3.05, 3.63) is 95.1 Å². The van der Waals surface area contributed by atoms with Crippen LogP contribution in [0.1, 0.15) is 29.9 Å². The van der Waals surface area contributed by atoms with Crippen LogP contribution in [0.5, 0.6) is 0 Å². The molecule has 0 saturated heterocycles. The number of allylic oxidation sites excluding steroid dienone is 3. The molecule has 2 nitrogen and oxygen atoms in total. The zero-order valence-electron chi connectivity index (χ0n) is 14.7. The Labute approximate surface area is 156 Å². The molecule has 0 amide bonds. The molecule has 0 radical (unpaired) electrons. The van der Waals surface area contributed by atoms with Gasteiger partial charge in [-0.2, -0.15) is 13.2 Å². The number of hydrogen-bond acceptors (Lipinski definition) is 2. The molecule has 0 N–H and O–H groups in total. The maximum atomic E-state index is 14.1. The van der Waals surface area contributed by atoms with E-state index in [1.54, 1.807) is 73.7 Å². The highest BCUT2D eigenvalue weighted by Crippen LogP contribution is 2.47. The molecule has 1 aliphatic rings. The van der Waals surface area contributed by atoms with Gasteiger partial charge < -0.3 is 4.74 Å². The number of esters is 1. The monoisotopic (exact) mass is 372 g/mol. The van der Waals surface area contributed by atoms with Crippen LogP contribution in [0, 0.1) is 0 Å². The minimum absolute atomic E-state index is 0.00863. The molecule has 27 heavy (non-hydrogen) atoms. The number of halogens is 3. The Morgan fingerprint density at radius 1 is 0.889 bits per heavy atom. The Morgan fingerprint density at radius 2 is 1.37 bits per heavy atom. The topological polar surface area (TPSA) is 26.3 Å². The molecule has 0 saturated carbocycles. The summed E-state index contributed by atoms with van der Waals surface area (Å²) >= 11 is 0. The molecule has 140 valence electrons. The van der Waals surface area contributed by atoms with Gasteiger partial charge in [-0.05, 0) is 18.1 Å². The number of carbonyl (C=O) groups is 1. The van der Waals surface area contributed by atoms with Crippen LogP contribution < -0.4 is 0 Å². The minimum Gasteiger partial charge on any atom is -0.463 e. The van der Waals surface area contributed by atoms with E-state index in [2.05, 4.69) is 0 Å². The van der Waals surface area contributed by atoms with Crippen LogP contribution in [0.2, 0.25) is 0 Å². The maximum Gasteiger partial charge on any atom is 0.414 e. The van der Waals surface area contributed by atoms with Gasteiger partial charge in [0.25, 0.3) is 0 Å². The lowest BCUT2D eigenvalue weighted by molar-refractivity contribution is -0.140. The molecule has 0 bridgehead atoms. The quantitative estimate of drug-likeness (QED) is 0.520. The highest BCUT2D eigenvalue weighted by molar-refractivity contribution is 5.93. The van der Waals surface area contributed by atoms with Crippen molar-refractivity contribution in [3.8, 4) is 0 Å². The smallest absolute Gasteiger partial charge is 0.414 e. The number of carbonyl (C=O) groups excluding carboxylic acids is 1. The van der Waals surface area contributed by atoms with Crippen LogP contribution in [0.15, 0.2) is 84.0 Å². The lowest BCUT2D eigenvalue weighted by atomic mass is 9.76. The second-order valence-electron chi connectivity index (χ2n) is 6.21. The van der Waals surface area contributed by atoms with E-state index in [0.29, 0.717) is 11.1 Å². The van der Waals surface area contributed by atoms with Crippen molar-refractivity contribution in [1.29, 1.82) is 0 Å². The van der Waals surface area contributed by atoms with Gasteiger partial charge in [-0.15, -0.1) is 0 Å². The summed E-state index contributed by atoms with van der Waals surface area (Å²) in [6.45, 7) is 1.59. The maximum absolute atomic E-state index is 14.1. The standard InChI is InChI=1S/C22H19F3O2/c1-2-27-21(26)19-17(15-9-5-3-6-10-15)13-14-18(20(19)22(23,24)25)16-11-7-4-8-12-16/h3-14,17-18H,2H2,1H3/t17-,18+/m1/s1. The van der Waals surface area contributed by atoms with Gasteiger partial charge in [0.2, 0.25) is 0 Å². The summed E-state index contributed by atoms with van der Waals surface area (Å²) in [6, 6.07) is 17.1. The van der Waals surface area contributed by atoms with E-state index in [9.17, 15) is 18.0 Å². The van der Waals surface area contributed by atoms with Crippen molar-refractivity contribution in [2.75, 3.05) is 6.61 Å². The third kappa shape index (κ3) is 3.97. The van der Waals surface area contributed by atoms with Gasteiger partial charge in [0.05, 0.1) is 17.8 Å². The largest absolute Gasteiger partial charge is 0.463 e. The summed E-state index contributed by atoms with van der Waals surface area (Å²) in [6.07, 6.45) is -1.48. The lowest BCUT2D eigenvalue weighted by Gasteiger charge is -2.30. The molecule has 2 aromatic rings. The van der Waals surface area contributed by atoms with Crippen molar-refractivity contribution >= 4 is 5.97 Å². The predicted octanol–water partition coefficient (Wildman–Crippen LogP) is 5.55. The molecular formula is C22H19F3O2. The molecule has 2 aromatic carbocycles. The SMILES string of the molecule is CCOC(=O)C1=C(C(F)(F)F)[C@H](c2ccccc2)C=C[C@@H]1c1ccccc1. The molecule has 5 heteroatoms. The van der Waals surface area contributed by atoms with Crippen LogP contribution >= 0.6 is 0 Å². The summed E-state index contributed by atoms with van der Waals surface area (Å²) in [5, 5.41) is 0. The molecule has 0 unspecified atom stereocenters. The number of hydrogen-bond donors (Lipinski definition) is 0. The first-order valence-electron chi connectivity index (χ1n) is 8.70. The second-order valence-corrected chi connectivity index (χ2v) is 6.21. The lowest BCUT2D eigenvalue weighted by Crippen LogP contribution is -2.29.